The van der Waals surface area contributed by atoms with Crippen LogP contribution in [0.15, 0.2) is 24.3 Å². The van der Waals surface area contributed by atoms with Crippen molar-refractivity contribution in [3.63, 3.8) is 0 Å². The van der Waals surface area contributed by atoms with Crippen molar-refractivity contribution < 1.29 is 37.9 Å². The molecule has 258 valence electrons. The van der Waals surface area contributed by atoms with Crippen LogP contribution in [0.5, 0.6) is 0 Å². The summed E-state index contributed by atoms with van der Waals surface area (Å²) in [6, 6.07) is 0. The van der Waals surface area contributed by atoms with Gasteiger partial charge in [0.25, 0.3) is 0 Å². The molecule has 0 aliphatic rings. The summed E-state index contributed by atoms with van der Waals surface area (Å²) in [5, 5.41) is 0. The summed E-state index contributed by atoms with van der Waals surface area (Å²) in [5.41, 5.74) is 0. The van der Waals surface area contributed by atoms with E-state index in [4.69, 9.17) is 19.3 Å². The number of rotatable bonds is 32. The quantitative estimate of drug-likeness (QED) is 0.0321. The van der Waals surface area contributed by atoms with Gasteiger partial charge in [0, 0.05) is 12.8 Å². The van der Waals surface area contributed by atoms with E-state index in [2.05, 4.69) is 42.7 Å². The minimum atomic E-state index is -4.74. The number of carbonyl (C=O) groups excluding carboxylic acids is 2. The van der Waals surface area contributed by atoms with Gasteiger partial charge in [-0.15, -0.1) is 0 Å². The molecule has 0 aromatic carbocycles. The first kappa shape index (κ1) is 42.5. The predicted octanol–water partition coefficient (Wildman–Crippen LogP) is 10.1. The van der Waals surface area contributed by atoms with Crippen molar-refractivity contribution in [2.75, 3.05) is 13.2 Å². The lowest BCUT2D eigenvalue weighted by Crippen LogP contribution is -2.29. The van der Waals surface area contributed by atoms with Crippen LogP contribution in [0.1, 0.15) is 168 Å². The molecule has 0 aromatic rings. The Morgan fingerprint density at radius 1 is 0.591 bits per heavy atom. The lowest BCUT2D eigenvalue weighted by atomic mass is 10.1. The maximum atomic E-state index is 12.3. The smallest absolute Gasteiger partial charge is 0.462 e. The van der Waals surface area contributed by atoms with Crippen LogP contribution in [0.3, 0.4) is 0 Å². The van der Waals surface area contributed by atoms with Gasteiger partial charge < -0.3 is 19.3 Å². The Morgan fingerprint density at radius 2 is 1.02 bits per heavy atom. The maximum absolute atomic E-state index is 12.3. The van der Waals surface area contributed by atoms with E-state index in [1.54, 1.807) is 0 Å². The molecular formula is C35H65O8P. The molecule has 8 nitrogen and oxygen atoms in total. The first-order valence-corrected chi connectivity index (χ1v) is 19.2. The molecule has 0 rings (SSSR count). The van der Waals surface area contributed by atoms with Crippen LogP contribution < -0.4 is 0 Å². The van der Waals surface area contributed by atoms with E-state index >= 15 is 0 Å². The van der Waals surface area contributed by atoms with Crippen molar-refractivity contribution >= 4 is 19.8 Å². The summed E-state index contributed by atoms with van der Waals surface area (Å²) < 4.78 is 26.2. The van der Waals surface area contributed by atoms with Gasteiger partial charge in [-0.1, -0.05) is 134 Å². The second kappa shape index (κ2) is 31.5. The van der Waals surface area contributed by atoms with Crippen LogP contribution in [0.2, 0.25) is 0 Å². The summed E-state index contributed by atoms with van der Waals surface area (Å²) in [6.07, 6.45) is 33.3. The second-order valence-electron chi connectivity index (χ2n) is 11.8. The molecule has 0 aliphatic carbocycles. The lowest BCUT2D eigenvalue weighted by Gasteiger charge is -2.18. The summed E-state index contributed by atoms with van der Waals surface area (Å²) >= 11 is 0. The van der Waals surface area contributed by atoms with Gasteiger partial charge in [0.05, 0.1) is 6.61 Å². The summed E-state index contributed by atoms with van der Waals surface area (Å²) in [7, 11) is -4.74. The first-order valence-electron chi connectivity index (χ1n) is 17.6. The number of ether oxygens (including phenoxy) is 2. The fourth-order valence-corrected chi connectivity index (χ4v) is 5.17. The first-order chi connectivity index (χ1) is 21.3. The molecule has 0 bridgehead atoms. The fraction of sp³-hybridized carbons (Fsp3) is 0.829. The molecule has 1 atom stereocenters. The van der Waals surface area contributed by atoms with Crippen LogP contribution in [-0.2, 0) is 28.2 Å². The highest BCUT2D eigenvalue weighted by atomic mass is 31.2. The van der Waals surface area contributed by atoms with Gasteiger partial charge in [-0.2, -0.15) is 0 Å². The van der Waals surface area contributed by atoms with Crippen LogP contribution in [0.25, 0.3) is 0 Å². The van der Waals surface area contributed by atoms with Crippen LogP contribution in [0, 0.1) is 0 Å². The molecule has 0 saturated heterocycles. The molecule has 2 N–H and O–H groups in total. The Morgan fingerprint density at radius 3 is 1.52 bits per heavy atom. The van der Waals surface area contributed by atoms with Crippen molar-refractivity contribution in [3.8, 4) is 0 Å². The molecule has 0 heterocycles. The SMILES string of the molecule is CCCCCC/C=C\C/C=C\CCCCCCCC(=O)OC(COC(=O)CCCCCCCCCCCC)COP(=O)(O)O. The minimum Gasteiger partial charge on any atom is -0.462 e. The number of hydrogen-bond donors (Lipinski definition) is 2. The van der Waals surface area contributed by atoms with Crippen molar-refractivity contribution in [2.24, 2.45) is 0 Å². The highest BCUT2D eigenvalue weighted by molar-refractivity contribution is 7.46. The Hall–Kier alpha value is -1.47. The molecule has 0 amide bonds. The van der Waals surface area contributed by atoms with Crippen molar-refractivity contribution in [1.29, 1.82) is 0 Å². The van der Waals surface area contributed by atoms with E-state index in [-0.39, 0.29) is 19.4 Å². The number of esters is 2. The highest BCUT2D eigenvalue weighted by Crippen LogP contribution is 2.36. The van der Waals surface area contributed by atoms with E-state index in [0.29, 0.717) is 6.42 Å². The molecule has 0 radical (unpaired) electrons. The topological polar surface area (TPSA) is 119 Å². The highest BCUT2D eigenvalue weighted by Gasteiger charge is 2.22. The third-order valence-corrected chi connectivity index (χ3v) is 7.96. The van der Waals surface area contributed by atoms with E-state index < -0.39 is 32.5 Å². The Balaban J connectivity index is 4.01. The maximum Gasteiger partial charge on any atom is 0.469 e. The molecular weight excluding hydrogens is 579 g/mol. The number of allylic oxidation sites excluding steroid dienone is 4. The van der Waals surface area contributed by atoms with Gasteiger partial charge in [0.15, 0.2) is 6.10 Å². The van der Waals surface area contributed by atoms with Gasteiger partial charge in [0.2, 0.25) is 0 Å². The van der Waals surface area contributed by atoms with Crippen LogP contribution >= 0.6 is 7.82 Å². The minimum absolute atomic E-state index is 0.198. The number of phosphoric acid groups is 1. The largest absolute Gasteiger partial charge is 0.469 e. The Kier molecular flexibility index (Phi) is 30.5. The molecule has 0 fully saturated rings. The molecule has 0 aliphatic heterocycles. The Labute approximate surface area is 269 Å². The van der Waals surface area contributed by atoms with Crippen molar-refractivity contribution in [3.05, 3.63) is 24.3 Å². The molecule has 9 heteroatoms. The monoisotopic (exact) mass is 644 g/mol. The van der Waals surface area contributed by atoms with E-state index in [1.807, 2.05) is 0 Å². The zero-order valence-electron chi connectivity index (χ0n) is 28.1. The van der Waals surface area contributed by atoms with Crippen LogP contribution in [-0.4, -0.2) is 41.0 Å². The van der Waals surface area contributed by atoms with Crippen molar-refractivity contribution in [2.45, 2.75) is 174 Å². The van der Waals surface area contributed by atoms with Gasteiger partial charge in [0.1, 0.15) is 6.61 Å². The third kappa shape index (κ3) is 33.4. The lowest BCUT2D eigenvalue weighted by molar-refractivity contribution is -0.161. The number of hydrogen-bond acceptors (Lipinski definition) is 6. The zero-order valence-corrected chi connectivity index (χ0v) is 29.0. The third-order valence-electron chi connectivity index (χ3n) is 7.47. The van der Waals surface area contributed by atoms with E-state index in [1.165, 1.54) is 77.0 Å². The number of unbranched alkanes of at least 4 members (excludes halogenated alkanes) is 18. The number of carbonyl (C=O) groups is 2. The molecule has 0 aromatic heterocycles. The predicted molar refractivity (Wildman–Crippen MR) is 179 cm³/mol. The Bertz CT molecular complexity index is 777. The standard InChI is InChI=1S/C35H65O8P/c1-3-5-7-9-11-13-15-16-17-18-19-20-22-24-26-28-30-35(37)43-33(32-42-44(38,39)40)31-41-34(36)29-27-25-23-21-14-12-10-8-6-4-2/h13,15,17-18,33H,3-12,14,16,19-32H2,1-2H3,(H2,38,39,40)/b15-13-,18-17-. The van der Waals surface area contributed by atoms with Crippen LogP contribution in [0.4, 0.5) is 0 Å². The zero-order chi connectivity index (χ0) is 32.6. The number of phosphoric ester groups is 1. The normalized spacial score (nSPS) is 12.7. The van der Waals surface area contributed by atoms with Gasteiger partial charge in [-0.25, -0.2) is 4.57 Å². The average molecular weight is 645 g/mol. The molecule has 0 saturated carbocycles. The second-order valence-corrected chi connectivity index (χ2v) is 13.1. The molecule has 0 spiro atoms. The van der Waals surface area contributed by atoms with Crippen molar-refractivity contribution in [1.82, 2.24) is 0 Å². The average Bonchev–Trinajstić information content (AvgIpc) is 2.98. The summed E-state index contributed by atoms with van der Waals surface area (Å²) in [6.45, 7) is 3.62. The summed E-state index contributed by atoms with van der Waals surface area (Å²) in [4.78, 5) is 42.5. The molecule has 1 unspecified atom stereocenters. The summed E-state index contributed by atoms with van der Waals surface area (Å²) in [5.74, 6) is -0.901. The van der Waals surface area contributed by atoms with E-state index in [9.17, 15) is 14.2 Å². The van der Waals surface area contributed by atoms with Gasteiger partial charge >= 0.3 is 19.8 Å². The fourth-order valence-electron chi connectivity index (χ4n) is 4.81. The molecule has 44 heavy (non-hydrogen) atoms. The van der Waals surface area contributed by atoms with E-state index in [0.717, 1.165) is 57.8 Å². The van der Waals surface area contributed by atoms with Gasteiger partial charge in [-0.3, -0.25) is 14.1 Å². The van der Waals surface area contributed by atoms with Gasteiger partial charge in [-0.05, 0) is 44.9 Å².